The van der Waals surface area contributed by atoms with E-state index in [9.17, 15) is 0 Å². The van der Waals surface area contributed by atoms with Gasteiger partial charge in [0.25, 0.3) is 0 Å². The molecule has 0 aromatic rings. The van der Waals surface area contributed by atoms with Crippen molar-refractivity contribution in [2.75, 3.05) is 30.3 Å². The average Bonchev–Trinajstić information content (AvgIpc) is 1.84. The van der Waals surface area contributed by atoms with Crippen molar-refractivity contribution in [1.82, 2.24) is 0 Å². The normalized spacial score (nSPS) is 16.5. The lowest BCUT2D eigenvalue weighted by Crippen LogP contribution is -2.20. The second-order valence-electron chi connectivity index (χ2n) is 5.68. The summed E-state index contributed by atoms with van der Waals surface area (Å²) in [6.45, 7) is 6.99. The van der Waals surface area contributed by atoms with Crippen LogP contribution in [0, 0.1) is 5.92 Å². The van der Waals surface area contributed by atoms with E-state index in [1.165, 1.54) is 17.9 Å². The van der Waals surface area contributed by atoms with Gasteiger partial charge in [-0.25, -0.2) is 0 Å². The molecule has 0 aliphatic rings. The van der Waals surface area contributed by atoms with Crippen molar-refractivity contribution in [3.05, 3.63) is 0 Å². The van der Waals surface area contributed by atoms with Gasteiger partial charge in [-0.15, -0.1) is 0 Å². The van der Waals surface area contributed by atoms with Crippen LogP contribution in [-0.2, 0) is 0 Å². The van der Waals surface area contributed by atoms with Crippen molar-refractivity contribution in [3.8, 4) is 0 Å². The SMILES string of the molecule is CC[SH](C)(C)(C)CCC(C)C. The molecule has 1 heteroatoms. The standard InChI is InChI=1S/C10H26S/c1-7-11(4,5,6)9-8-10(2)3/h10-11H,7-9H2,1-6H3. The minimum Gasteiger partial charge on any atom is -0.290 e. The molecule has 0 N–H and O–H groups in total. The zero-order valence-corrected chi connectivity index (χ0v) is 10.0. The van der Waals surface area contributed by atoms with Gasteiger partial charge in [0.05, 0.1) is 0 Å². The van der Waals surface area contributed by atoms with E-state index in [1.807, 2.05) is 0 Å². The lowest BCUT2D eigenvalue weighted by atomic mass is 10.2. The molecule has 0 rings (SSSR count). The first-order valence-electron chi connectivity index (χ1n) is 4.74. The summed E-state index contributed by atoms with van der Waals surface area (Å²) in [5.74, 6) is 3.75. The van der Waals surface area contributed by atoms with Gasteiger partial charge in [0.1, 0.15) is 0 Å². The summed E-state index contributed by atoms with van der Waals surface area (Å²) in [4.78, 5) is 0. The maximum absolute atomic E-state index is 2.51. The monoisotopic (exact) mass is 178 g/mol. The maximum Gasteiger partial charge on any atom is -0.0360 e. The molecule has 0 fully saturated rings. The molecule has 0 aliphatic carbocycles. The first kappa shape index (κ1) is 11.4. The Morgan fingerprint density at radius 3 is 1.82 bits per heavy atom. The summed E-state index contributed by atoms with van der Waals surface area (Å²) in [5.41, 5.74) is 0. The topological polar surface area (TPSA) is 0 Å². The molecule has 0 bridgehead atoms. The van der Waals surface area contributed by atoms with Crippen LogP contribution in [0.25, 0.3) is 0 Å². The van der Waals surface area contributed by atoms with Gasteiger partial charge in [-0.1, -0.05) is 20.8 Å². The highest BCUT2D eigenvalue weighted by atomic mass is 32.3. The van der Waals surface area contributed by atoms with Crippen molar-refractivity contribution in [3.63, 3.8) is 0 Å². The highest BCUT2D eigenvalue weighted by Gasteiger charge is 2.22. The smallest absolute Gasteiger partial charge is 0.0360 e. The maximum atomic E-state index is 2.51. The Morgan fingerprint density at radius 2 is 1.55 bits per heavy atom. The van der Waals surface area contributed by atoms with Crippen molar-refractivity contribution in [2.24, 2.45) is 5.92 Å². The van der Waals surface area contributed by atoms with E-state index < -0.39 is 9.16 Å². The van der Waals surface area contributed by atoms with Gasteiger partial charge < -0.3 is 0 Å². The molecule has 0 atom stereocenters. The Balaban J connectivity index is 3.91. The molecule has 11 heavy (non-hydrogen) atoms. The molecule has 0 amide bonds. The van der Waals surface area contributed by atoms with E-state index in [2.05, 4.69) is 39.5 Å². The van der Waals surface area contributed by atoms with Gasteiger partial charge in [-0.05, 0) is 42.6 Å². The van der Waals surface area contributed by atoms with E-state index in [0.29, 0.717) is 0 Å². The van der Waals surface area contributed by atoms with Crippen molar-refractivity contribution in [1.29, 1.82) is 0 Å². The third-order valence-corrected chi connectivity index (χ3v) is 6.97. The molecule has 0 spiro atoms. The second kappa shape index (κ2) is 3.38. The highest BCUT2D eigenvalue weighted by Crippen LogP contribution is 2.59. The molecule has 0 saturated heterocycles. The van der Waals surface area contributed by atoms with Gasteiger partial charge in [-0.3, -0.25) is 9.16 Å². The van der Waals surface area contributed by atoms with Crippen LogP contribution in [0.3, 0.4) is 0 Å². The summed E-state index contributed by atoms with van der Waals surface area (Å²) in [5, 5.41) is 0. The van der Waals surface area contributed by atoms with E-state index in [-0.39, 0.29) is 0 Å². The number of rotatable bonds is 4. The van der Waals surface area contributed by atoms with Gasteiger partial charge in [0.15, 0.2) is 0 Å². The third-order valence-electron chi connectivity index (χ3n) is 2.71. The van der Waals surface area contributed by atoms with E-state index in [1.54, 1.807) is 0 Å². The average molecular weight is 178 g/mol. The second-order valence-corrected chi connectivity index (χ2v) is 13.7. The minimum absolute atomic E-state index is 0.878. The fraction of sp³-hybridized carbons (Fsp3) is 1.00. The number of hydrogen-bond acceptors (Lipinski definition) is 0. The Kier molecular flexibility index (Phi) is 3.49. The van der Waals surface area contributed by atoms with Crippen LogP contribution in [0.15, 0.2) is 0 Å². The highest BCUT2D eigenvalue weighted by molar-refractivity contribution is 8.48. The van der Waals surface area contributed by atoms with Gasteiger partial charge in [0, 0.05) is 0 Å². The van der Waals surface area contributed by atoms with Gasteiger partial charge >= 0.3 is 0 Å². The fourth-order valence-electron chi connectivity index (χ4n) is 0.895. The predicted octanol–water partition coefficient (Wildman–Crippen LogP) is 3.01. The van der Waals surface area contributed by atoms with Crippen molar-refractivity contribution < 1.29 is 0 Å². The molecule has 0 heterocycles. The molecule has 0 aromatic heterocycles. The first-order valence-corrected chi connectivity index (χ1v) is 8.69. The molecule has 0 nitrogen and oxygen atoms in total. The van der Waals surface area contributed by atoms with Crippen LogP contribution in [0.1, 0.15) is 27.2 Å². The molecule has 0 radical (unpaired) electrons. The predicted molar refractivity (Wildman–Crippen MR) is 61.6 cm³/mol. The molecule has 0 aliphatic heterocycles. The lowest BCUT2D eigenvalue weighted by molar-refractivity contribution is 0.629. The summed E-state index contributed by atoms with van der Waals surface area (Å²) >= 11 is 0. The third kappa shape index (κ3) is 5.60. The summed E-state index contributed by atoms with van der Waals surface area (Å²) in [7, 11) is -1.20. The minimum atomic E-state index is -1.20. The summed E-state index contributed by atoms with van der Waals surface area (Å²) in [6.07, 6.45) is 8.94. The van der Waals surface area contributed by atoms with Crippen molar-refractivity contribution >= 4 is 9.16 Å². The molecule has 0 unspecified atom stereocenters. The van der Waals surface area contributed by atoms with Crippen molar-refractivity contribution in [2.45, 2.75) is 27.2 Å². The molecular formula is C10H26S. The van der Waals surface area contributed by atoms with Crippen LogP contribution in [0.5, 0.6) is 0 Å². The number of hydrogen-bond donors (Lipinski definition) is 1. The fourth-order valence-corrected chi connectivity index (χ4v) is 2.68. The molecular weight excluding hydrogens is 152 g/mol. The zero-order chi connectivity index (χ0) is 9.15. The Labute approximate surface area is 73.1 Å². The van der Waals surface area contributed by atoms with Gasteiger partial charge in [-0.2, -0.15) is 0 Å². The lowest BCUT2D eigenvalue weighted by Gasteiger charge is -2.51. The Bertz CT molecular complexity index is 117. The first-order chi connectivity index (χ1) is 4.74. The Hall–Kier alpha value is 0.350. The van der Waals surface area contributed by atoms with Crippen LogP contribution in [0.2, 0.25) is 0 Å². The summed E-state index contributed by atoms with van der Waals surface area (Å²) < 4.78 is 0. The Morgan fingerprint density at radius 1 is 1.09 bits per heavy atom. The van der Waals surface area contributed by atoms with Crippen LogP contribution < -0.4 is 0 Å². The quantitative estimate of drug-likeness (QED) is 0.629. The largest absolute Gasteiger partial charge is 0.290 e. The zero-order valence-electron chi connectivity index (χ0n) is 9.15. The van der Waals surface area contributed by atoms with E-state index in [0.717, 1.165) is 5.92 Å². The summed E-state index contributed by atoms with van der Waals surface area (Å²) in [6, 6.07) is 0. The van der Waals surface area contributed by atoms with Gasteiger partial charge in [0.2, 0.25) is 0 Å². The van der Waals surface area contributed by atoms with Crippen LogP contribution >= 0.6 is 9.16 Å². The van der Waals surface area contributed by atoms with E-state index in [4.69, 9.17) is 0 Å². The van der Waals surface area contributed by atoms with Crippen LogP contribution in [-0.4, -0.2) is 30.3 Å². The molecule has 72 valence electrons. The van der Waals surface area contributed by atoms with Crippen LogP contribution in [0.4, 0.5) is 0 Å². The molecule has 0 saturated carbocycles. The number of thiol groups is 1. The molecule has 0 aromatic carbocycles. The van der Waals surface area contributed by atoms with E-state index >= 15 is 0 Å².